The van der Waals surface area contributed by atoms with Crippen molar-refractivity contribution >= 4 is 35.0 Å². The summed E-state index contributed by atoms with van der Waals surface area (Å²) in [4.78, 5) is 40.9. The van der Waals surface area contributed by atoms with Gasteiger partial charge in [0.25, 0.3) is 5.91 Å². The fourth-order valence-electron chi connectivity index (χ4n) is 3.50. The standard InChI is InChI=1S/C28H26N4O3S/c1-19-6-8-21(9-7-19)17-30-27(35)22-10-12-25(13-11-22)32-15-14-29-28(32)36-18-26(34)31-24-5-3-4-23(16-24)20(2)33/h3-16H,17-18H2,1-2H3,(H,30,35)(H,31,34). The quantitative estimate of drug-likeness (QED) is 0.249. The lowest BCUT2D eigenvalue weighted by atomic mass is 10.1. The van der Waals surface area contributed by atoms with Crippen LogP contribution in [-0.2, 0) is 11.3 Å². The van der Waals surface area contributed by atoms with Gasteiger partial charge in [0.1, 0.15) is 0 Å². The summed E-state index contributed by atoms with van der Waals surface area (Å²) in [5, 5.41) is 6.40. The Morgan fingerprint density at radius 2 is 1.69 bits per heavy atom. The van der Waals surface area contributed by atoms with Crippen LogP contribution in [0.25, 0.3) is 5.69 Å². The number of rotatable bonds is 9. The number of aromatic nitrogens is 2. The van der Waals surface area contributed by atoms with Crippen molar-refractivity contribution in [1.29, 1.82) is 0 Å². The molecule has 0 atom stereocenters. The van der Waals surface area contributed by atoms with Crippen molar-refractivity contribution in [2.75, 3.05) is 11.1 Å². The summed E-state index contributed by atoms with van der Waals surface area (Å²) >= 11 is 1.30. The van der Waals surface area contributed by atoms with Crippen LogP contribution in [-0.4, -0.2) is 32.9 Å². The third-order valence-electron chi connectivity index (χ3n) is 5.47. The third-order valence-corrected chi connectivity index (χ3v) is 6.44. The van der Waals surface area contributed by atoms with Gasteiger partial charge in [0.05, 0.1) is 5.75 Å². The van der Waals surface area contributed by atoms with E-state index in [0.29, 0.717) is 28.5 Å². The number of hydrogen-bond acceptors (Lipinski definition) is 5. The van der Waals surface area contributed by atoms with Crippen molar-refractivity contribution in [3.8, 4) is 5.69 Å². The molecular weight excluding hydrogens is 472 g/mol. The highest BCUT2D eigenvalue weighted by molar-refractivity contribution is 7.99. The number of nitrogens with one attached hydrogen (secondary N) is 2. The molecule has 4 rings (SSSR count). The van der Waals surface area contributed by atoms with Crippen LogP contribution in [0.3, 0.4) is 0 Å². The van der Waals surface area contributed by atoms with Crippen molar-refractivity contribution in [1.82, 2.24) is 14.9 Å². The van der Waals surface area contributed by atoms with E-state index in [2.05, 4.69) is 15.6 Å². The second-order valence-corrected chi connectivity index (χ2v) is 9.21. The van der Waals surface area contributed by atoms with E-state index in [1.165, 1.54) is 24.2 Å². The molecule has 1 heterocycles. The van der Waals surface area contributed by atoms with Crippen LogP contribution < -0.4 is 10.6 Å². The van der Waals surface area contributed by atoms with Gasteiger partial charge in [-0.25, -0.2) is 4.98 Å². The predicted octanol–water partition coefficient (Wildman–Crippen LogP) is 5.04. The lowest BCUT2D eigenvalue weighted by Crippen LogP contribution is -2.22. The lowest BCUT2D eigenvalue weighted by Gasteiger charge is -2.10. The van der Waals surface area contributed by atoms with Crippen LogP contribution in [0.15, 0.2) is 90.3 Å². The van der Waals surface area contributed by atoms with E-state index < -0.39 is 0 Å². The monoisotopic (exact) mass is 498 g/mol. The number of benzene rings is 3. The number of carbonyl (C=O) groups excluding carboxylic acids is 3. The van der Waals surface area contributed by atoms with E-state index in [-0.39, 0.29) is 23.4 Å². The zero-order valence-corrected chi connectivity index (χ0v) is 20.8. The maximum absolute atomic E-state index is 12.5. The lowest BCUT2D eigenvalue weighted by molar-refractivity contribution is -0.113. The molecule has 1 aromatic heterocycles. The molecule has 0 unspecified atom stereocenters. The average molecular weight is 499 g/mol. The van der Waals surface area contributed by atoms with Gasteiger partial charge in [0.15, 0.2) is 10.9 Å². The highest BCUT2D eigenvalue weighted by Crippen LogP contribution is 2.21. The Labute approximate surface area is 214 Å². The molecule has 182 valence electrons. The van der Waals surface area contributed by atoms with Crippen molar-refractivity contribution in [3.63, 3.8) is 0 Å². The molecule has 0 bridgehead atoms. The minimum atomic E-state index is -0.198. The Hall–Kier alpha value is -4.17. The van der Waals surface area contributed by atoms with Gasteiger partial charge in [-0.2, -0.15) is 0 Å². The zero-order valence-electron chi connectivity index (χ0n) is 20.0. The van der Waals surface area contributed by atoms with Crippen LogP contribution in [0.1, 0.15) is 38.8 Å². The van der Waals surface area contributed by atoms with Gasteiger partial charge in [0, 0.05) is 41.4 Å². The first-order valence-corrected chi connectivity index (χ1v) is 12.4. The molecule has 7 nitrogen and oxygen atoms in total. The molecule has 36 heavy (non-hydrogen) atoms. The highest BCUT2D eigenvalue weighted by Gasteiger charge is 2.11. The highest BCUT2D eigenvalue weighted by atomic mass is 32.2. The number of ketones is 1. The topological polar surface area (TPSA) is 93.1 Å². The minimum absolute atomic E-state index is 0.0581. The van der Waals surface area contributed by atoms with Crippen LogP contribution in [0.5, 0.6) is 0 Å². The SMILES string of the molecule is CC(=O)c1cccc(NC(=O)CSc2nccn2-c2ccc(C(=O)NCc3ccc(C)cc3)cc2)c1. The normalized spacial score (nSPS) is 10.6. The van der Waals surface area contributed by atoms with Crippen LogP contribution >= 0.6 is 11.8 Å². The van der Waals surface area contributed by atoms with Gasteiger partial charge in [-0.1, -0.05) is 53.7 Å². The van der Waals surface area contributed by atoms with Gasteiger partial charge in [0.2, 0.25) is 5.91 Å². The molecule has 3 aromatic carbocycles. The summed E-state index contributed by atoms with van der Waals surface area (Å²) in [6.07, 6.45) is 3.47. The van der Waals surface area contributed by atoms with E-state index in [0.717, 1.165) is 11.3 Å². The molecule has 2 N–H and O–H groups in total. The molecule has 0 aliphatic heterocycles. The minimum Gasteiger partial charge on any atom is -0.348 e. The number of amides is 2. The van der Waals surface area contributed by atoms with Gasteiger partial charge in [-0.05, 0) is 55.8 Å². The first kappa shape index (κ1) is 24.9. The first-order valence-electron chi connectivity index (χ1n) is 11.4. The van der Waals surface area contributed by atoms with E-state index in [9.17, 15) is 14.4 Å². The molecule has 4 aromatic rings. The number of Topliss-reactive ketones (excluding diaryl/α,β-unsaturated/α-hetero) is 1. The predicted molar refractivity (Wildman–Crippen MR) is 142 cm³/mol. The number of anilines is 1. The molecule has 0 saturated heterocycles. The van der Waals surface area contributed by atoms with Crippen LogP contribution in [0, 0.1) is 6.92 Å². The molecule has 0 aliphatic rings. The van der Waals surface area contributed by atoms with E-state index in [1.807, 2.05) is 54.1 Å². The summed E-state index contributed by atoms with van der Waals surface area (Å²) in [5.74, 6) is -0.248. The summed E-state index contributed by atoms with van der Waals surface area (Å²) < 4.78 is 1.86. The van der Waals surface area contributed by atoms with Gasteiger partial charge < -0.3 is 10.6 Å². The molecule has 0 spiro atoms. The second-order valence-electron chi connectivity index (χ2n) is 8.27. The van der Waals surface area contributed by atoms with E-state index >= 15 is 0 Å². The fourth-order valence-corrected chi connectivity index (χ4v) is 4.27. The van der Waals surface area contributed by atoms with Crippen LogP contribution in [0.4, 0.5) is 5.69 Å². The van der Waals surface area contributed by atoms with Gasteiger partial charge in [-0.3, -0.25) is 19.0 Å². The summed E-state index contributed by atoms with van der Waals surface area (Å²) in [6, 6.07) is 22.1. The summed E-state index contributed by atoms with van der Waals surface area (Å²) in [6.45, 7) is 3.98. The van der Waals surface area contributed by atoms with E-state index in [4.69, 9.17) is 0 Å². The Kier molecular flexibility index (Phi) is 7.97. The smallest absolute Gasteiger partial charge is 0.251 e. The maximum Gasteiger partial charge on any atom is 0.251 e. The largest absolute Gasteiger partial charge is 0.348 e. The van der Waals surface area contributed by atoms with E-state index in [1.54, 1.807) is 42.6 Å². The molecule has 0 aliphatic carbocycles. The maximum atomic E-state index is 12.5. The summed E-state index contributed by atoms with van der Waals surface area (Å²) in [7, 11) is 0. The van der Waals surface area contributed by atoms with Gasteiger partial charge >= 0.3 is 0 Å². The van der Waals surface area contributed by atoms with Crippen molar-refractivity contribution in [2.45, 2.75) is 25.5 Å². The Bertz CT molecular complexity index is 1380. The molecule has 2 amide bonds. The van der Waals surface area contributed by atoms with Crippen molar-refractivity contribution in [3.05, 3.63) is 107 Å². The van der Waals surface area contributed by atoms with Gasteiger partial charge in [-0.15, -0.1) is 0 Å². The molecule has 8 heteroatoms. The number of nitrogens with zero attached hydrogens (tertiary/aromatic N) is 2. The number of hydrogen-bond donors (Lipinski definition) is 2. The Balaban J connectivity index is 1.34. The number of aryl methyl sites for hydroxylation is 1. The van der Waals surface area contributed by atoms with Crippen molar-refractivity contribution in [2.24, 2.45) is 0 Å². The zero-order chi connectivity index (χ0) is 25.5. The summed E-state index contributed by atoms with van der Waals surface area (Å²) in [5.41, 5.74) is 4.74. The third kappa shape index (κ3) is 6.49. The fraction of sp³-hybridized carbons (Fsp3) is 0.143. The van der Waals surface area contributed by atoms with Crippen LogP contribution in [0.2, 0.25) is 0 Å². The molecule has 0 saturated carbocycles. The molecular formula is C28H26N4O3S. The number of imidazole rings is 1. The average Bonchev–Trinajstić information content (AvgIpc) is 3.36. The molecule has 0 fully saturated rings. The second kappa shape index (κ2) is 11.5. The Morgan fingerprint density at radius 1 is 0.944 bits per heavy atom. The number of carbonyl (C=O) groups is 3. The number of thioether (sulfide) groups is 1. The van der Waals surface area contributed by atoms with Crippen molar-refractivity contribution < 1.29 is 14.4 Å². The Morgan fingerprint density at radius 3 is 2.42 bits per heavy atom. The molecule has 0 radical (unpaired) electrons. The first-order chi connectivity index (χ1) is 17.4.